The minimum atomic E-state index is -0.944. The number of amides is 1. The van der Waals surface area contributed by atoms with E-state index in [1.807, 2.05) is 30.3 Å². The lowest BCUT2D eigenvalue weighted by Gasteiger charge is -2.23. The van der Waals surface area contributed by atoms with Crippen molar-refractivity contribution in [2.75, 3.05) is 25.1 Å². The zero-order valence-corrected chi connectivity index (χ0v) is 14.0. The number of rotatable bonds is 7. The van der Waals surface area contributed by atoms with Gasteiger partial charge in [-0.15, -0.1) is 0 Å². The Morgan fingerprint density at radius 2 is 2.00 bits per heavy atom. The molecule has 2 atom stereocenters. The SMILES string of the molecule is CS(=O)CC(NC(=O)CCC1CCNCC1)c1ccccc1. The third-order valence-electron chi connectivity index (χ3n) is 4.18. The number of benzene rings is 1. The Balaban J connectivity index is 1.86. The molecule has 1 heterocycles. The summed E-state index contributed by atoms with van der Waals surface area (Å²) in [7, 11) is -0.944. The van der Waals surface area contributed by atoms with E-state index in [2.05, 4.69) is 10.6 Å². The van der Waals surface area contributed by atoms with Crippen LogP contribution in [0.15, 0.2) is 30.3 Å². The highest BCUT2D eigenvalue weighted by Gasteiger charge is 2.18. The van der Waals surface area contributed by atoms with Crippen molar-refractivity contribution in [2.45, 2.75) is 31.7 Å². The van der Waals surface area contributed by atoms with E-state index >= 15 is 0 Å². The molecule has 0 aliphatic carbocycles. The molecule has 2 rings (SSSR count). The molecule has 1 aliphatic heterocycles. The predicted molar refractivity (Wildman–Crippen MR) is 91.1 cm³/mol. The lowest BCUT2D eigenvalue weighted by atomic mass is 9.93. The van der Waals surface area contributed by atoms with Crippen molar-refractivity contribution in [3.05, 3.63) is 35.9 Å². The molecule has 5 heteroatoms. The Hall–Kier alpha value is -1.20. The normalized spacial score (nSPS) is 18.6. The predicted octanol–water partition coefficient (Wildman–Crippen LogP) is 2.00. The lowest BCUT2D eigenvalue weighted by Crippen LogP contribution is -2.33. The molecule has 1 amide bonds. The van der Waals surface area contributed by atoms with Gasteiger partial charge in [-0.05, 0) is 43.8 Å². The van der Waals surface area contributed by atoms with Crippen LogP contribution in [0.3, 0.4) is 0 Å². The Labute approximate surface area is 135 Å². The Kier molecular flexibility index (Phi) is 7.06. The lowest BCUT2D eigenvalue weighted by molar-refractivity contribution is -0.122. The monoisotopic (exact) mass is 322 g/mol. The van der Waals surface area contributed by atoms with Gasteiger partial charge in [0, 0.05) is 29.2 Å². The first-order valence-corrected chi connectivity index (χ1v) is 9.73. The standard InChI is InChI=1S/C17H26N2O2S/c1-22(21)13-16(15-5-3-2-4-6-15)19-17(20)8-7-14-9-11-18-12-10-14/h2-6,14,16,18H,7-13H2,1H3,(H,19,20). The number of hydrogen-bond acceptors (Lipinski definition) is 3. The van der Waals surface area contributed by atoms with Crippen LogP contribution in [0, 0.1) is 5.92 Å². The van der Waals surface area contributed by atoms with Crippen LogP contribution in [0.5, 0.6) is 0 Å². The second-order valence-corrected chi connectivity index (χ2v) is 7.48. The molecule has 0 spiro atoms. The third kappa shape index (κ3) is 5.89. The fourth-order valence-electron chi connectivity index (χ4n) is 2.91. The van der Waals surface area contributed by atoms with Crippen molar-refractivity contribution >= 4 is 16.7 Å². The van der Waals surface area contributed by atoms with Crippen LogP contribution in [0.4, 0.5) is 0 Å². The van der Waals surface area contributed by atoms with E-state index in [0.29, 0.717) is 18.1 Å². The summed E-state index contributed by atoms with van der Waals surface area (Å²) in [6, 6.07) is 9.63. The van der Waals surface area contributed by atoms with Crippen molar-refractivity contribution < 1.29 is 9.00 Å². The van der Waals surface area contributed by atoms with Gasteiger partial charge in [-0.3, -0.25) is 9.00 Å². The summed E-state index contributed by atoms with van der Waals surface area (Å²) in [5, 5.41) is 6.40. The van der Waals surface area contributed by atoms with Crippen molar-refractivity contribution in [1.82, 2.24) is 10.6 Å². The highest BCUT2D eigenvalue weighted by molar-refractivity contribution is 7.84. The molecule has 2 N–H and O–H groups in total. The Morgan fingerprint density at radius 1 is 1.32 bits per heavy atom. The van der Waals surface area contributed by atoms with Crippen molar-refractivity contribution in [3.8, 4) is 0 Å². The summed E-state index contributed by atoms with van der Waals surface area (Å²) in [5.74, 6) is 1.18. The molecule has 4 nitrogen and oxygen atoms in total. The summed E-state index contributed by atoms with van der Waals surface area (Å²) in [4.78, 5) is 12.2. The fourth-order valence-corrected chi connectivity index (χ4v) is 3.66. The van der Waals surface area contributed by atoms with Crippen molar-refractivity contribution in [3.63, 3.8) is 0 Å². The number of carbonyl (C=O) groups excluding carboxylic acids is 1. The third-order valence-corrected chi connectivity index (χ3v) is 4.98. The minimum absolute atomic E-state index is 0.0674. The van der Waals surface area contributed by atoms with E-state index in [9.17, 15) is 9.00 Å². The molecule has 1 aliphatic rings. The first-order valence-electron chi connectivity index (χ1n) is 8.00. The minimum Gasteiger partial charge on any atom is -0.348 e. The van der Waals surface area contributed by atoms with Crippen LogP contribution < -0.4 is 10.6 Å². The fraction of sp³-hybridized carbons (Fsp3) is 0.588. The van der Waals surface area contributed by atoms with Gasteiger partial charge in [0.2, 0.25) is 5.91 Å². The largest absolute Gasteiger partial charge is 0.348 e. The zero-order valence-electron chi connectivity index (χ0n) is 13.2. The van der Waals surface area contributed by atoms with E-state index in [1.165, 1.54) is 0 Å². The second kappa shape index (κ2) is 9.06. The second-order valence-electron chi connectivity index (χ2n) is 6.00. The van der Waals surface area contributed by atoms with E-state index in [-0.39, 0.29) is 11.9 Å². The van der Waals surface area contributed by atoms with Gasteiger partial charge in [0.1, 0.15) is 0 Å². The molecule has 1 fully saturated rings. The molecule has 1 saturated heterocycles. The van der Waals surface area contributed by atoms with Crippen LogP contribution in [0.2, 0.25) is 0 Å². The van der Waals surface area contributed by atoms with Gasteiger partial charge in [-0.2, -0.15) is 0 Å². The van der Waals surface area contributed by atoms with Crippen LogP contribution >= 0.6 is 0 Å². The van der Waals surface area contributed by atoms with Crippen LogP contribution in [-0.2, 0) is 15.6 Å². The maximum Gasteiger partial charge on any atom is 0.220 e. The molecule has 22 heavy (non-hydrogen) atoms. The molecule has 0 radical (unpaired) electrons. The summed E-state index contributed by atoms with van der Waals surface area (Å²) in [6.45, 7) is 2.13. The molecular weight excluding hydrogens is 296 g/mol. The Morgan fingerprint density at radius 3 is 2.64 bits per heavy atom. The maximum atomic E-state index is 12.2. The molecular formula is C17H26N2O2S. The van der Waals surface area contributed by atoms with Crippen LogP contribution in [0.1, 0.15) is 37.3 Å². The molecule has 0 aromatic heterocycles. The van der Waals surface area contributed by atoms with Gasteiger partial charge in [0.05, 0.1) is 6.04 Å². The maximum absolute atomic E-state index is 12.2. The van der Waals surface area contributed by atoms with Gasteiger partial charge >= 0.3 is 0 Å². The zero-order chi connectivity index (χ0) is 15.8. The van der Waals surface area contributed by atoms with E-state index < -0.39 is 10.8 Å². The quantitative estimate of drug-likeness (QED) is 0.807. The van der Waals surface area contributed by atoms with Gasteiger partial charge in [-0.1, -0.05) is 30.3 Å². The summed E-state index contributed by atoms with van der Waals surface area (Å²) in [5.41, 5.74) is 1.02. The van der Waals surface area contributed by atoms with Crippen LogP contribution in [-0.4, -0.2) is 35.2 Å². The smallest absolute Gasteiger partial charge is 0.220 e. The molecule has 2 unspecified atom stereocenters. The molecule has 1 aromatic carbocycles. The average Bonchev–Trinajstić information content (AvgIpc) is 2.54. The summed E-state index contributed by atoms with van der Waals surface area (Å²) in [6.07, 6.45) is 5.51. The number of nitrogens with one attached hydrogen (secondary N) is 2. The average molecular weight is 322 g/mol. The van der Waals surface area contributed by atoms with Crippen molar-refractivity contribution in [2.24, 2.45) is 5.92 Å². The van der Waals surface area contributed by atoms with Crippen LogP contribution in [0.25, 0.3) is 0 Å². The topological polar surface area (TPSA) is 58.2 Å². The van der Waals surface area contributed by atoms with E-state index in [1.54, 1.807) is 6.26 Å². The Bertz CT molecular complexity index is 487. The van der Waals surface area contributed by atoms with Gasteiger partial charge < -0.3 is 10.6 Å². The first kappa shape index (κ1) is 17.2. The number of piperidine rings is 1. The number of carbonyl (C=O) groups is 1. The highest BCUT2D eigenvalue weighted by Crippen LogP contribution is 2.19. The van der Waals surface area contributed by atoms with Gasteiger partial charge in [0.25, 0.3) is 0 Å². The first-order chi connectivity index (χ1) is 10.6. The molecule has 1 aromatic rings. The van der Waals surface area contributed by atoms with E-state index in [0.717, 1.165) is 37.9 Å². The highest BCUT2D eigenvalue weighted by atomic mass is 32.2. The molecule has 0 bridgehead atoms. The molecule has 122 valence electrons. The summed E-state index contributed by atoms with van der Waals surface area (Å²) >= 11 is 0. The van der Waals surface area contributed by atoms with Gasteiger partial charge in [-0.25, -0.2) is 0 Å². The number of hydrogen-bond donors (Lipinski definition) is 2. The van der Waals surface area contributed by atoms with E-state index in [4.69, 9.17) is 0 Å². The summed E-state index contributed by atoms with van der Waals surface area (Å²) < 4.78 is 11.6. The van der Waals surface area contributed by atoms with Gasteiger partial charge in [0.15, 0.2) is 0 Å². The molecule has 0 saturated carbocycles. The van der Waals surface area contributed by atoms with Crippen molar-refractivity contribution in [1.29, 1.82) is 0 Å².